The molecule has 1 fully saturated rings. The van der Waals surface area contributed by atoms with Crippen molar-refractivity contribution in [3.05, 3.63) is 89.5 Å². The zero-order chi connectivity index (χ0) is 30.0. The molecule has 4 N–H and O–H groups in total. The van der Waals surface area contributed by atoms with E-state index in [9.17, 15) is 23.1 Å². The predicted octanol–water partition coefficient (Wildman–Crippen LogP) is 4.47. The maximum absolute atomic E-state index is 13.0. The second-order valence-electron chi connectivity index (χ2n) is 10.6. The Labute approximate surface area is 247 Å². The number of hydrogen-bond acceptors (Lipinski definition) is 7. The van der Waals surface area contributed by atoms with Gasteiger partial charge in [-0.15, -0.1) is 0 Å². The Hall–Kier alpha value is -3.73. The van der Waals surface area contributed by atoms with E-state index < -0.39 is 40.2 Å². The highest BCUT2D eigenvalue weighted by molar-refractivity contribution is 7.90. The molecule has 3 aromatic rings. The van der Waals surface area contributed by atoms with E-state index in [4.69, 9.17) is 9.84 Å². The molecular formula is C32H38N2O7S. The van der Waals surface area contributed by atoms with Crippen LogP contribution in [0.3, 0.4) is 0 Å². The highest BCUT2D eigenvalue weighted by Gasteiger charge is 2.23. The molecule has 0 bridgehead atoms. The van der Waals surface area contributed by atoms with Crippen LogP contribution in [0.4, 0.5) is 0 Å². The molecule has 0 spiro atoms. The van der Waals surface area contributed by atoms with Gasteiger partial charge in [-0.2, -0.15) is 0 Å². The third-order valence-corrected chi connectivity index (χ3v) is 8.54. The van der Waals surface area contributed by atoms with Crippen LogP contribution in [0.1, 0.15) is 66.1 Å². The maximum atomic E-state index is 13.0. The Morgan fingerprint density at radius 3 is 2.31 bits per heavy atom. The summed E-state index contributed by atoms with van der Waals surface area (Å²) >= 11 is 0. The average molecular weight is 595 g/mol. The van der Waals surface area contributed by atoms with E-state index in [2.05, 4.69) is 5.32 Å². The largest absolute Gasteiger partial charge is 0.490 e. The van der Waals surface area contributed by atoms with Crippen molar-refractivity contribution in [1.82, 2.24) is 10.0 Å². The van der Waals surface area contributed by atoms with E-state index in [0.29, 0.717) is 18.8 Å². The molecule has 42 heavy (non-hydrogen) atoms. The molecule has 1 saturated carbocycles. The Kier molecular flexibility index (Phi) is 11.1. The molecule has 0 radical (unpaired) electrons. The Balaban J connectivity index is 1.42. The normalized spacial score (nSPS) is 14.7. The van der Waals surface area contributed by atoms with Crippen molar-refractivity contribution in [3.63, 3.8) is 0 Å². The number of aliphatic hydroxyl groups excluding tert-OH is 1. The van der Waals surface area contributed by atoms with E-state index in [1.807, 2.05) is 59.3 Å². The summed E-state index contributed by atoms with van der Waals surface area (Å²) < 4.78 is 32.8. The van der Waals surface area contributed by atoms with Crippen LogP contribution in [0.25, 0.3) is 11.1 Å². The van der Waals surface area contributed by atoms with Crippen LogP contribution in [0.15, 0.2) is 72.8 Å². The second kappa shape index (κ2) is 14.9. The van der Waals surface area contributed by atoms with Gasteiger partial charge in [0.2, 0.25) is 10.0 Å². The van der Waals surface area contributed by atoms with Gasteiger partial charge in [0.05, 0.1) is 29.9 Å². The fourth-order valence-electron chi connectivity index (χ4n) is 4.95. The monoisotopic (exact) mass is 594 g/mol. The number of carboxylic acids is 1. The number of aliphatic hydroxyl groups is 1. The zero-order valence-corrected chi connectivity index (χ0v) is 24.3. The third kappa shape index (κ3) is 9.40. The molecule has 4 rings (SSSR count). The van der Waals surface area contributed by atoms with Crippen LogP contribution < -0.4 is 14.8 Å². The number of benzene rings is 3. The lowest BCUT2D eigenvalue weighted by Gasteiger charge is -2.24. The highest BCUT2D eigenvalue weighted by Crippen LogP contribution is 2.31. The van der Waals surface area contributed by atoms with Crippen molar-refractivity contribution < 1.29 is 33.0 Å². The SMILES string of the molecule is O=C(O)CCS(=O)(=O)NC(=O)c1ccc(-c2ccc(CCNC[C@H](O)c3ccccc3)cc2)cc1OC1CCCCC1. The molecule has 0 saturated heterocycles. The number of hydrogen-bond donors (Lipinski definition) is 4. The predicted molar refractivity (Wildman–Crippen MR) is 161 cm³/mol. The fraction of sp³-hybridized carbons (Fsp3) is 0.375. The van der Waals surface area contributed by atoms with Gasteiger partial charge in [-0.05, 0) is 73.0 Å². The van der Waals surface area contributed by atoms with Gasteiger partial charge in [-0.1, -0.05) is 67.1 Å². The number of carboxylic acid groups (broad SMARTS) is 1. The summed E-state index contributed by atoms with van der Waals surface area (Å²) in [5, 5.41) is 22.4. The van der Waals surface area contributed by atoms with Crippen molar-refractivity contribution in [2.75, 3.05) is 18.8 Å². The zero-order valence-electron chi connectivity index (χ0n) is 23.5. The van der Waals surface area contributed by atoms with Gasteiger partial charge in [-0.3, -0.25) is 9.59 Å². The van der Waals surface area contributed by atoms with E-state index >= 15 is 0 Å². The Morgan fingerprint density at radius 1 is 0.929 bits per heavy atom. The molecule has 0 aromatic heterocycles. The van der Waals surface area contributed by atoms with E-state index in [0.717, 1.165) is 60.8 Å². The Bertz CT molecular complexity index is 1440. The quantitative estimate of drug-likeness (QED) is 0.200. The minimum absolute atomic E-state index is 0.0700. The highest BCUT2D eigenvalue weighted by atomic mass is 32.2. The summed E-state index contributed by atoms with van der Waals surface area (Å²) in [7, 11) is -4.12. The second-order valence-corrected chi connectivity index (χ2v) is 12.4. The molecule has 0 unspecified atom stereocenters. The number of nitrogens with one attached hydrogen (secondary N) is 2. The molecule has 9 nitrogen and oxygen atoms in total. The molecule has 0 heterocycles. The van der Waals surface area contributed by atoms with Gasteiger partial charge in [-0.25, -0.2) is 13.1 Å². The first-order valence-corrected chi connectivity index (χ1v) is 16.0. The molecule has 1 aliphatic rings. The van der Waals surface area contributed by atoms with Crippen molar-refractivity contribution in [2.45, 2.75) is 57.2 Å². The van der Waals surface area contributed by atoms with Gasteiger partial charge in [0, 0.05) is 6.54 Å². The van der Waals surface area contributed by atoms with Crippen LogP contribution in [0.2, 0.25) is 0 Å². The molecule has 1 atom stereocenters. The number of ether oxygens (including phenoxy) is 1. The van der Waals surface area contributed by atoms with Crippen LogP contribution in [-0.2, 0) is 21.2 Å². The first-order chi connectivity index (χ1) is 20.2. The lowest BCUT2D eigenvalue weighted by Crippen LogP contribution is -2.33. The minimum Gasteiger partial charge on any atom is -0.490 e. The van der Waals surface area contributed by atoms with Gasteiger partial charge >= 0.3 is 5.97 Å². The number of aliphatic carboxylic acids is 1. The summed E-state index contributed by atoms with van der Waals surface area (Å²) in [5.41, 5.74) is 3.83. The van der Waals surface area contributed by atoms with Gasteiger partial charge in [0.1, 0.15) is 5.75 Å². The van der Waals surface area contributed by atoms with Crippen LogP contribution in [0, 0.1) is 0 Å². The van der Waals surface area contributed by atoms with Crippen molar-refractivity contribution in [2.24, 2.45) is 0 Å². The smallest absolute Gasteiger partial charge is 0.304 e. The average Bonchev–Trinajstić information content (AvgIpc) is 2.99. The maximum Gasteiger partial charge on any atom is 0.304 e. The third-order valence-electron chi connectivity index (χ3n) is 7.30. The lowest BCUT2D eigenvalue weighted by molar-refractivity contribution is -0.136. The number of carbonyl (C=O) groups is 2. The molecular weight excluding hydrogens is 556 g/mol. The van der Waals surface area contributed by atoms with Crippen molar-refractivity contribution in [1.29, 1.82) is 0 Å². The van der Waals surface area contributed by atoms with Crippen LogP contribution in [0.5, 0.6) is 5.75 Å². The standard InChI is InChI=1S/C32H38N2O7S/c35-29(25-7-3-1-4-8-25)22-33-19-17-23-11-13-24(14-12-23)26-15-16-28(30(21-26)41-27-9-5-2-6-10-27)32(38)34-42(39,40)20-18-31(36)37/h1,3-4,7-8,11-16,21,27,29,33,35H,2,5-6,9-10,17-20,22H2,(H,34,38)(H,36,37)/t29-/m0/s1. The van der Waals surface area contributed by atoms with Gasteiger partial charge in [0.25, 0.3) is 5.91 Å². The van der Waals surface area contributed by atoms with Gasteiger partial charge in [0.15, 0.2) is 0 Å². The molecule has 0 aliphatic heterocycles. The summed E-state index contributed by atoms with van der Waals surface area (Å²) in [5.74, 6) is -2.50. The molecule has 1 aliphatic carbocycles. The fourth-order valence-corrected chi connectivity index (χ4v) is 5.88. The number of rotatable bonds is 14. The summed E-state index contributed by atoms with van der Waals surface area (Å²) in [6.07, 6.45) is 4.44. The molecule has 1 amide bonds. The molecule has 224 valence electrons. The van der Waals surface area contributed by atoms with Gasteiger partial charge < -0.3 is 20.3 Å². The summed E-state index contributed by atoms with van der Waals surface area (Å²) in [4.78, 5) is 23.8. The number of carbonyl (C=O) groups excluding carboxylic acids is 1. The molecule has 3 aromatic carbocycles. The van der Waals surface area contributed by atoms with Crippen LogP contribution in [-0.4, -0.2) is 55.5 Å². The number of sulfonamides is 1. The topological polar surface area (TPSA) is 142 Å². The number of amides is 1. The lowest BCUT2D eigenvalue weighted by atomic mass is 9.97. The summed E-state index contributed by atoms with van der Waals surface area (Å²) in [6, 6.07) is 22.6. The van der Waals surface area contributed by atoms with Crippen molar-refractivity contribution >= 4 is 21.9 Å². The van der Waals surface area contributed by atoms with Crippen molar-refractivity contribution in [3.8, 4) is 16.9 Å². The molecule has 10 heteroatoms. The van der Waals surface area contributed by atoms with E-state index in [-0.39, 0.29) is 11.7 Å². The minimum atomic E-state index is -4.12. The first kappa shape index (κ1) is 31.2. The van der Waals surface area contributed by atoms with Crippen LogP contribution >= 0.6 is 0 Å². The van der Waals surface area contributed by atoms with E-state index in [1.54, 1.807) is 18.2 Å². The Morgan fingerprint density at radius 2 is 1.62 bits per heavy atom. The van der Waals surface area contributed by atoms with E-state index in [1.165, 1.54) is 0 Å². The first-order valence-electron chi connectivity index (χ1n) is 14.3. The summed E-state index contributed by atoms with van der Waals surface area (Å²) in [6.45, 7) is 1.18.